The van der Waals surface area contributed by atoms with Crippen LogP contribution in [0, 0.1) is 0 Å². The quantitative estimate of drug-likeness (QED) is 0.302. The van der Waals surface area contributed by atoms with Gasteiger partial charge in [0.1, 0.15) is 47.1 Å². The molecule has 0 unspecified atom stereocenters. The van der Waals surface area contributed by atoms with Crippen LogP contribution in [0.4, 0.5) is 0 Å². The first-order chi connectivity index (χ1) is 15.7. The average molecular weight is 462 g/mol. The second-order valence-corrected chi connectivity index (χ2v) is 7.47. The molecule has 1 fully saturated rings. The van der Waals surface area contributed by atoms with E-state index in [1.807, 2.05) is 0 Å². The second-order valence-electron chi connectivity index (χ2n) is 7.47. The van der Waals surface area contributed by atoms with Crippen molar-refractivity contribution in [2.45, 2.75) is 30.7 Å². The maximum absolute atomic E-state index is 12.8. The highest BCUT2D eigenvalue weighted by molar-refractivity contribution is 5.91. The maximum Gasteiger partial charge on any atom is 0.229 e. The van der Waals surface area contributed by atoms with Crippen LogP contribution in [0.25, 0.3) is 22.3 Å². The van der Waals surface area contributed by atoms with Crippen molar-refractivity contribution in [2.75, 3.05) is 13.7 Å². The highest BCUT2D eigenvalue weighted by Crippen LogP contribution is 2.42. The van der Waals surface area contributed by atoms with Gasteiger partial charge in [-0.25, -0.2) is 0 Å². The minimum Gasteiger partial charge on any atom is -0.508 e. The molecule has 5 atom stereocenters. The summed E-state index contributed by atoms with van der Waals surface area (Å²) in [6.07, 6.45) is -7.85. The number of phenolic OH excluding ortho intramolecular Hbond substituents is 2. The van der Waals surface area contributed by atoms with Crippen LogP contribution in [0.2, 0.25) is 0 Å². The van der Waals surface area contributed by atoms with Gasteiger partial charge >= 0.3 is 0 Å². The molecule has 0 bridgehead atoms. The smallest absolute Gasteiger partial charge is 0.229 e. The van der Waals surface area contributed by atoms with Crippen molar-refractivity contribution in [1.29, 1.82) is 0 Å². The number of hydrogen-bond acceptors (Lipinski definition) is 11. The van der Waals surface area contributed by atoms with E-state index in [2.05, 4.69) is 0 Å². The van der Waals surface area contributed by atoms with Gasteiger partial charge in [0.15, 0.2) is 16.8 Å². The van der Waals surface area contributed by atoms with Gasteiger partial charge < -0.3 is 49.3 Å². The largest absolute Gasteiger partial charge is 0.508 e. The van der Waals surface area contributed by atoms with Crippen LogP contribution in [0.3, 0.4) is 0 Å². The molecule has 0 amide bonds. The summed E-state index contributed by atoms with van der Waals surface area (Å²) in [7, 11) is 1.27. The number of aliphatic hydroxyl groups excluding tert-OH is 4. The Morgan fingerprint density at radius 2 is 1.70 bits per heavy atom. The lowest BCUT2D eigenvalue weighted by Crippen LogP contribution is -2.60. The molecule has 11 heteroatoms. The van der Waals surface area contributed by atoms with Gasteiger partial charge in [0.25, 0.3) is 0 Å². The molecular formula is C22H22O11. The SMILES string of the molecule is COc1cc(O)c2c(=O)cc(-c3ccc(O)cc3)oc2c1O[C@H]1O[C@H](CO)[C@@H](O)[C@H](O)[C@H]1O. The van der Waals surface area contributed by atoms with Crippen LogP contribution in [0.1, 0.15) is 0 Å². The Bertz CT molecular complexity index is 1200. The molecule has 4 rings (SSSR count). The Labute approximate surface area is 186 Å². The molecule has 2 aromatic carbocycles. The number of aromatic hydroxyl groups is 2. The minimum absolute atomic E-state index is 0.00726. The number of benzene rings is 2. The molecule has 0 spiro atoms. The summed E-state index contributed by atoms with van der Waals surface area (Å²) < 4.78 is 22.2. The molecule has 1 aromatic heterocycles. The standard InChI is InChI=1S/C22H22O11/c1-30-14-7-12(26)16-11(25)6-13(9-2-4-10(24)5-3-9)31-21(16)20(14)33-22-19(29)18(28)17(27)15(8-23)32-22/h2-7,15,17-19,22-24,26-29H,8H2,1H3/t15-,17-,18+,19-,22-/m1/s1. The van der Waals surface area contributed by atoms with Gasteiger partial charge in [0, 0.05) is 17.7 Å². The maximum atomic E-state index is 12.8. The van der Waals surface area contributed by atoms with Crippen molar-refractivity contribution in [3.63, 3.8) is 0 Å². The van der Waals surface area contributed by atoms with E-state index in [0.29, 0.717) is 5.56 Å². The van der Waals surface area contributed by atoms with Crippen LogP contribution >= 0.6 is 0 Å². The number of ether oxygens (including phenoxy) is 3. The third kappa shape index (κ3) is 4.08. The Morgan fingerprint density at radius 1 is 1.00 bits per heavy atom. The van der Waals surface area contributed by atoms with Gasteiger partial charge in [-0.1, -0.05) is 0 Å². The van der Waals surface area contributed by atoms with Gasteiger partial charge in [-0.2, -0.15) is 0 Å². The number of rotatable bonds is 5. The lowest BCUT2D eigenvalue weighted by Gasteiger charge is -2.39. The van der Waals surface area contributed by atoms with Crippen molar-refractivity contribution in [1.82, 2.24) is 0 Å². The summed E-state index contributed by atoms with van der Waals surface area (Å²) in [4.78, 5) is 12.8. The first-order valence-electron chi connectivity index (χ1n) is 9.89. The summed E-state index contributed by atoms with van der Waals surface area (Å²) in [6, 6.07) is 8.08. The van der Waals surface area contributed by atoms with Crippen LogP contribution in [0.15, 0.2) is 45.6 Å². The zero-order chi connectivity index (χ0) is 23.9. The molecule has 176 valence electrons. The van der Waals surface area contributed by atoms with E-state index >= 15 is 0 Å². The molecule has 6 N–H and O–H groups in total. The van der Waals surface area contributed by atoms with Crippen LogP contribution in [-0.2, 0) is 4.74 Å². The van der Waals surface area contributed by atoms with Crippen molar-refractivity contribution in [3.05, 3.63) is 46.6 Å². The summed E-state index contributed by atoms with van der Waals surface area (Å²) in [5.74, 6) is -0.670. The Kier molecular flexibility index (Phi) is 6.15. The monoisotopic (exact) mass is 462 g/mol. The summed E-state index contributed by atoms with van der Waals surface area (Å²) >= 11 is 0. The number of methoxy groups -OCH3 is 1. The van der Waals surface area contributed by atoms with E-state index in [1.165, 1.54) is 31.4 Å². The van der Waals surface area contributed by atoms with Crippen molar-refractivity contribution < 1.29 is 49.3 Å². The van der Waals surface area contributed by atoms with Gasteiger partial charge in [0.05, 0.1) is 13.7 Å². The molecule has 3 aromatic rings. The van der Waals surface area contributed by atoms with Crippen LogP contribution in [0.5, 0.6) is 23.0 Å². The fourth-order valence-electron chi connectivity index (χ4n) is 3.58. The summed E-state index contributed by atoms with van der Waals surface area (Å²) in [6.45, 7) is -0.668. The molecule has 0 radical (unpaired) electrons. The van der Waals surface area contributed by atoms with Crippen LogP contribution in [-0.4, -0.2) is 75.1 Å². The summed E-state index contributed by atoms with van der Waals surface area (Å²) in [5, 5.41) is 59.4. The fraction of sp³-hybridized carbons (Fsp3) is 0.318. The number of aliphatic hydroxyl groups is 4. The van der Waals surface area contributed by atoms with Crippen molar-refractivity contribution in [2.24, 2.45) is 0 Å². The first-order valence-corrected chi connectivity index (χ1v) is 9.89. The number of hydrogen-bond donors (Lipinski definition) is 6. The van der Waals surface area contributed by atoms with Crippen molar-refractivity contribution >= 4 is 11.0 Å². The lowest BCUT2D eigenvalue weighted by atomic mass is 9.99. The van der Waals surface area contributed by atoms with E-state index in [1.54, 1.807) is 0 Å². The number of phenols is 2. The zero-order valence-corrected chi connectivity index (χ0v) is 17.3. The molecule has 0 saturated carbocycles. The van der Waals surface area contributed by atoms with Crippen LogP contribution < -0.4 is 14.9 Å². The third-order valence-electron chi connectivity index (χ3n) is 5.36. The second kappa shape index (κ2) is 8.89. The fourth-order valence-corrected chi connectivity index (χ4v) is 3.58. The molecule has 33 heavy (non-hydrogen) atoms. The Balaban J connectivity index is 1.86. The van der Waals surface area contributed by atoms with Gasteiger partial charge in [-0.05, 0) is 24.3 Å². The normalized spacial score (nSPS) is 25.2. The number of fused-ring (bicyclic) bond motifs is 1. The van der Waals surface area contributed by atoms with Gasteiger partial charge in [-0.15, -0.1) is 0 Å². The summed E-state index contributed by atoms with van der Waals surface area (Å²) in [5.41, 5.74) is -0.412. The van der Waals surface area contributed by atoms with E-state index in [4.69, 9.17) is 18.6 Å². The first kappa shape index (κ1) is 22.8. The molecule has 11 nitrogen and oxygen atoms in total. The average Bonchev–Trinajstić information content (AvgIpc) is 2.80. The Morgan fingerprint density at radius 3 is 2.33 bits per heavy atom. The Hall–Kier alpha value is -3.35. The van der Waals surface area contributed by atoms with E-state index in [0.717, 1.165) is 12.1 Å². The predicted molar refractivity (Wildman–Crippen MR) is 112 cm³/mol. The molecular weight excluding hydrogens is 440 g/mol. The lowest BCUT2D eigenvalue weighted by molar-refractivity contribution is -0.277. The molecule has 2 heterocycles. The third-order valence-corrected chi connectivity index (χ3v) is 5.36. The molecule has 1 aliphatic heterocycles. The molecule has 0 aliphatic carbocycles. The highest BCUT2D eigenvalue weighted by Gasteiger charge is 2.45. The van der Waals surface area contributed by atoms with E-state index in [-0.39, 0.29) is 34.0 Å². The predicted octanol–water partition coefficient (Wildman–Crippen LogP) is 0.0585. The van der Waals surface area contributed by atoms with E-state index < -0.39 is 48.5 Å². The molecule has 1 saturated heterocycles. The topological polar surface area (TPSA) is 179 Å². The zero-order valence-electron chi connectivity index (χ0n) is 17.3. The molecule has 1 aliphatic rings. The van der Waals surface area contributed by atoms with Crippen molar-refractivity contribution in [3.8, 4) is 34.3 Å². The van der Waals surface area contributed by atoms with E-state index in [9.17, 15) is 35.4 Å². The van der Waals surface area contributed by atoms with Gasteiger partial charge in [0.2, 0.25) is 12.0 Å². The minimum atomic E-state index is -1.73. The van der Waals surface area contributed by atoms with Gasteiger partial charge in [-0.3, -0.25) is 4.79 Å². The highest BCUT2D eigenvalue weighted by atomic mass is 16.7.